The van der Waals surface area contributed by atoms with Crippen LogP contribution in [0.1, 0.15) is 18.8 Å². The molecule has 0 radical (unpaired) electrons. The van der Waals surface area contributed by atoms with Crippen LogP contribution in [-0.4, -0.2) is 46.0 Å². The van der Waals surface area contributed by atoms with Crippen molar-refractivity contribution in [3.05, 3.63) is 39.2 Å². The van der Waals surface area contributed by atoms with E-state index in [1.54, 1.807) is 18.6 Å². The van der Waals surface area contributed by atoms with E-state index in [-0.39, 0.29) is 0 Å². The lowest BCUT2D eigenvalue weighted by Gasteiger charge is -2.15. The minimum Gasteiger partial charge on any atom is -0.383 e. The molecule has 2 heterocycles. The van der Waals surface area contributed by atoms with E-state index < -0.39 is 32.2 Å². The lowest BCUT2D eigenvalue weighted by molar-refractivity contribution is 0.185. The second-order valence-corrected chi connectivity index (χ2v) is 7.15. The molecule has 0 spiro atoms. The maximum atomic E-state index is 12.6. The minimum atomic E-state index is -4.17. The molecule has 2 rings (SSSR count). The molecule has 0 fully saturated rings. The van der Waals surface area contributed by atoms with Crippen molar-refractivity contribution in [2.24, 2.45) is 14.1 Å². The highest BCUT2D eigenvalue weighted by Crippen LogP contribution is 2.13. The summed E-state index contributed by atoms with van der Waals surface area (Å²) in [5, 5.41) is 7.68. The Kier molecular flexibility index (Phi) is 5.55. The fourth-order valence-electron chi connectivity index (χ4n) is 2.27. The molecule has 1 N–H and O–H groups in total. The molecule has 25 heavy (non-hydrogen) atoms. The van der Waals surface area contributed by atoms with Crippen LogP contribution in [0.25, 0.3) is 0 Å². The fourth-order valence-corrected chi connectivity index (χ4v) is 3.63. The van der Waals surface area contributed by atoms with Gasteiger partial charge >= 0.3 is 5.69 Å². The Labute approximate surface area is 143 Å². The Morgan fingerprint density at radius 2 is 2.00 bits per heavy atom. The fraction of sp³-hybridized carbons (Fsp3) is 0.538. The van der Waals surface area contributed by atoms with Crippen LogP contribution >= 0.6 is 0 Å². The summed E-state index contributed by atoms with van der Waals surface area (Å²) in [5.74, 6) is 0.377. The van der Waals surface area contributed by atoms with Crippen LogP contribution in [0.3, 0.4) is 0 Å². The second kappa shape index (κ2) is 7.29. The SMILES string of the molecule is COCCn1cnnc1[C@@H](C)NS(=O)(=O)c1cn(C)c(=O)n(C)c1=O. The zero-order valence-electron chi connectivity index (χ0n) is 14.3. The van der Waals surface area contributed by atoms with Crippen LogP contribution in [0.15, 0.2) is 27.0 Å². The van der Waals surface area contributed by atoms with Crippen LogP contribution in [0, 0.1) is 0 Å². The lowest BCUT2D eigenvalue weighted by Crippen LogP contribution is -2.42. The van der Waals surface area contributed by atoms with Gasteiger partial charge in [-0.2, -0.15) is 0 Å². The Hall–Kier alpha value is -2.31. The van der Waals surface area contributed by atoms with Gasteiger partial charge in [0.2, 0.25) is 10.0 Å². The largest absolute Gasteiger partial charge is 0.383 e. The molecule has 2 aromatic rings. The van der Waals surface area contributed by atoms with Gasteiger partial charge in [-0.25, -0.2) is 17.9 Å². The topological polar surface area (TPSA) is 130 Å². The van der Waals surface area contributed by atoms with Gasteiger partial charge in [0, 0.05) is 33.9 Å². The summed E-state index contributed by atoms with van der Waals surface area (Å²) in [6.07, 6.45) is 2.46. The third kappa shape index (κ3) is 3.86. The van der Waals surface area contributed by atoms with Gasteiger partial charge in [0.25, 0.3) is 5.56 Å². The number of aryl methyl sites for hydroxylation is 1. The molecule has 1 atom stereocenters. The number of nitrogens with one attached hydrogen (secondary N) is 1. The van der Waals surface area contributed by atoms with Crippen molar-refractivity contribution in [2.45, 2.75) is 24.4 Å². The van der Waals surface area contributed by atoms with Crippen molar-refractivity contribution >= 4 is 10.0 Å². The maximum Gasteiger partial charge on any atom is 0.330 e. The average molecular weight is 372 g/mol. The van der Waals surface area contributed by atoms with E-state index in [2.05, 4.69) is 14.9 Å². The Bertz CT molecular complexity index is 974. The number of hydrogen-bond donors (Lipinski definition) is 1. The predicted molar refractivity (Wildman–Crippen MR) is 87.6 cm³/mol. The van der Waals surface area contributed by atoms with Gasteiger partial charge in [-0.3, -0.25) is 9.36 Å². The van der Waals surface area contributed by atoms with Gasteiger partial charge in [0.05, 0.1) is 12.6 Å². The third-order valence-electron chi connectivity index (χ3n) is 3.61. The number of ether oxygens (including phenoxy) is 1. The standard InChI is InChI=1S/C13H20N6O5S/c1-9(11-15-14-8-19(11)5-6-24-4)16-25(22,23)10-7-17(2)13(21)18(3)12(10)20/h7-9,16H,5-6H2,1-4H3/t9-/m1/s1. The molecule has 0 amide bonds. The van der Waals surface area contributed by atoms with E-state index in [9.17, 15) is 18.0 Å². The van der Waals surface area contributed by atoms with Crippen molar-refractivity contribution in [3.8, 4) is 0 Å². The first-order valence-corrected chi connectivity index (χ1v) is 8.83. The first-order chi connectivity index (χ1) is 11.7. The summed E-state index contributed by atoms with van der Waals surface area (Å²) >= 11 is 0. The molecule has 0 unspecified atom stereocenters. The zero-order valence-corrected chi connectivity index (χ0v) is 15.1. The van der Waals surface area contributed by atoms with E-state index in [0.717, 1.165) is 15.3 Å². The molecule has 0 saturated heterocycles. The first kappa shape index (κ1) is 19.0. The molecular formula is C13H20N6O5S. The van der Waals surface area contributed by atoms with Gasteiger partial charge in [-0.05, 0) is 6.92 Å². The second-order valence-electron chi connectivity index (χ2n) is 5.47. The summed E-state index contributed by atoms with van der Waals surface area (Å²) in [6, 6.07) is -0.744. The molecule has 0 aliphatic rings. The molecule has 2 aromatic heterocycles. The Morgan fingerprint density at radius 3 is 2.64 bits per heavy atom. The normalized spacial score (nSPS) is 13.1. The van der Waals surface area contributed by atoms with E-state index in [0.29, 0.717) is 19.0 Å². The van der Waals surface area contributed by atoms with Crippen LogP contribution in [0.4, 0.5) is 0 Å². The quantitative estimate of drug-likeness (QED) is 0.617. The number of rotatable bonds is 7. The van der Waals surface area contributed by atoms with E-state index in [1.165, 1.54) is 20.4 Å². The molecule has 0 bridgehead atoms. The first-order valence-electron chi connectivity index (χ1n) is 7.34. The van der Waals surface area contributed by atoms with Crippen molar-refractivity contribution < 1.29 is 13.2 Å². The van der Waals surface area contributed by atoms with Gasteiger partial charge < -0.3 is 13.9 Å². The van der Waals surface area contributed by atoms with Crippen molar-refractivity contribution in [1.29, 1.82) is 0 Å². The number of aromatic nitrogens is 5. The van der Waals surface area contributed by atoms with Gasteiger partial charge in [-0.1, -0.05) is 0 Å². The van der Waals surface area contributed by atoms with Crippen LogP contribution in [0.2, 0.25) is 0 Å². The molecule has 0 saturated carbocycles. The van der Waals surface area contributed by atoms with E-state index in [4.69, 9.17) is 4.74 Å². The highest BCUT2D eigenvalue weighted by Gasteiger charge is 2.25. The van der Waals surface area contributed by atoms with Gasteiger partial charge in [0.1, 0.15) is 6.33 Å². The summed E-state index contributed by atoms with van der Waals surface area (Å²) < 4.78 is 35.9. The smallest absolute Gasteiger partial charge is 0.330 e. The van der Waals surface area contributed by atoms with Crippen molar-refractivity contribution in [3.63, 3.8) is 0 Å². The van der Waals surface area contributed by atoms with E-state index in [1.807, 2.05) is 0 Å². The molecule has 11 nitrogen and oxygen atoms in total. The number of sulfonamides is 1. The summed E-state index contributed by atoms with van der Waals surface area (Å²) in [6.45, 7) is 2.44. The van der Waals surface area contributed by atoms with Gasteiger partial charge in [0.15, 0.2) is 10.7 Å². The Balaban J connectivity index is 2.35. The van der Waals surface area contributed by atoms with E-state index >= 15 is 0 Å². The molecule has 0 aliphatic heterocycles. The molecule has 12 heteroatoms. The average Bonchev–Trinajstić information content (AvgIpc) is 3.02. The highest BCUT2D eigenvalue weighted by atomic mass is 32.2. The van der Waals surface area contributed by atoms with Crippen LogP contribution in [0.5, 0.6) is 0 Å². The summed E-state index contributed by atoms with van der Waals surface area (Å²) in [4.78, 5) is 23.3. The Morgan fingerprint density at radius 1 is 1.32 bits per heavy atom. The zero-order chi connectivity index (χ0) is 18.8. The predicted octanol–water partition coefficient (Wildman–Crippen LogP) is -1.64. The van der Waals surface area contributed by atoms with Crippen molar-refractivity contribution in [2.75, 3.05) is 13.7 Å². The molecular weight excluding hydrogens is 352 g/mol. The highest BCUT2D eigenvalue weighted by molar-refractivity contribution is 7.89. The van der Waals surface area contributed by atoms with Gasteiger partial charge in [-0.15, -0.1) is 10.2 Å². The molecule has 0 aliphatic carbocycles. The number of hydrogen-bond acceptors (Lipinski definition) is 7. The number of nitrogens with zero attached hydrogens (tertiary/aromatic N) is 5. The maximum absolute atomic E-state index is 12.6. The molecule has 0 aromatic carbocycles. The summed E-state index contributed by atoms with van der Waals surface area (Å²) in [5.41, 5.74) is -1.51. The molecule has 138 valence electrons. The van der Waals surface area contributed by atoms with Crippen LogP contribution < -0.4 is 16.0 Å². The lowest BCUT2D eigenvalue weighted by atomic mass is 10.3. The van der Waals surface area contributed by atoms with Crippen molar-refractivity contribution in [1.82, 2.24) is 28.6 Å². The third-order valence-corrected chi connectivity index (χ3v) is 5.13. The number of methoxy groups -OCH3 is 1. The minimum absolute atomic E-state index is 0.377. The monoisotopic (exact) mass is 372 g/mol. The van der Waals surface area contributed by atoms with Crippen LogP contribution in [-0.2, 0) is 35.4 Å². The summed E-state index contributed by atoms with van der Waals surface area (Å²) in [7, 11) is -0.0400.